The van der Waals surface area contributed by atoms with Crippen LogP contribution in [0.3, 0.4) is 0 Å². The second-order valence-electron chi connectivity index (χ2n) is 3.87. The van der Waals surface area contributed by atoms with E-state index in [2.05, 4.69) is 5.43 Å². The largest absolute Gasteiger partial charge is 0.492 e. The lowest BCUT2D eigenvalue weighted by Gasteiger charge is -2.10. The van der Waals surface area contributed by atoms with Gasteiger partial charge < -0.3 is 10.5 Å². The second-order valence-corrected chi connectivity index (χ2v) is 5.02. The first-order valence-corrected chi connectivity index (χ1v) is 6.86. The van der Waals surface area contributed by atoms with Crippen LogP contribution in [-0.2, 0) is 0 Å². The van der Waals surface area contributed by atoms with Gasteiger partial charge in [0.25, 0.3) is 5.91 Å². The molecule has 1 unspecified atom stereocenters. The number of nitrogens with one attached hydrogen (secondary N) is 1. The maximum absolute atomic E-state index is 11.5. The number of rotatable bonds is 7. The summed E-state index contributed by atoms with van der Waals surface area (Å²) in [6.45, 7) is 2.50. The van der Waals surface area contributed by atoms with E-state index >= 15 is 0 Å². The Labute approximate surface area is 111 Å². The smallest absolute Gasteiger partial charge is 0.268 e. The summed E-state index contributed by atoms with van der Waals surface area (Å²) in [6, 6.07) is 7.19. The number of hydrogen-bond acceptors (Lipinski definition) is 5. The Morgan fingerprint density at radius 1 is 1.50 bits per heavy atom. The Bertz CT molecular complexity index is 385. The van der Waals surface area contributed by atoms with Crippen molar-refractivity contribution in [3.05, 3.63) is 29.8 Å². The monoisotopic (exact) mass is 269 g/mol. The third-order valence-electron chi connectivity index (χ3n) is 2.13. The number of carbonyl (C=O) groups excluding carboxylic acids is 1. The molecule has 0 heterocycles. The van der Waals surface area contributed by atoms with E-state index in [9.17, 15) is 4.79 Å². The molecule has 0 saturated heterocycles. The van der Waals surface area contributed by atoms with Crippen molar-refractivity contribution in [2.75, 3.05) is 18.1 Å². The van der Waals surface area contributed by atoms with Gasteiger partial charge in [0.05, 0.1) is 12.2 Å². The van der Waals surface area contributed by atoms with Gasteiger partial charge in [-0.25, -0.2) is 5.84 Å². The van der Waals surface area contributed by atoms with Gasteiger partial charge in [0.15, 0.2) is 0 Å². The highest BCUT2D eigenvalue weighted by Crippen LogP contribution is 2.17. The predicted octanol–water partition coefficient (Wildman–Crippen LogP) is 0.749. The van der Waals surface area contributed by atoms with Crippen molar-refractivity contribution >= 4 is 17.7 Å². The normalized spacial score (nSPS) is 11.9. The van der Waals surface area contributed by atoms with Gasteiger partial charge in [0.1, 0.15) is 5.75 Å². The van der Waals surface area contributed by atoms with Crippen LogP contribution in [0.5, 0.6) is 5.75 Å². The van der Waals surface area contributed by atoms with Crippen LogP contribution in [0.4, 0.5) is 0 Å². The standard InChI is InChI=1S/C12H19N3O2S/c1-9(13)8-18-7-6-17-11-5-3-2-4-10(11)12(16)15-14/h2-5,9H,6-8,13-14H2,1H3,(H,15,16). The Morgan fingerprint density at radius 2 is 2.22 bits per heavy atom. The number of thioether (sulfide) groups is 1. The predicted molar refractivity (Wildman–Crippen MR) is 74.6 cm³/mol. The Kier molecular flexibility index (Phi) is 6.56. The first kappa shape index (κ1) is 14.8. The van der Waals surface area contributed by atoms with E-state index in [4.69, 9.17) is 16.3 Å². The number of para-hydroxylation sites is 1. The van der Waals surface area contributed by atoms with Crippen molar-refractivity contribution in [2.24, 2.45) is 11.6 Å². The third kappa shape index (κ3) is 4.95. The lowest BCUT2D eigenvalue weighted by Crippen LogP contribution is -2.30. The van der Waals surface area contributed by atoms with E-state index in [1.807, 2.05) is 13.0 Å². The highest BCUT2D eigenvalue weighted by atomic mass is 32.2. The van der Waals surface area contributed by atoms with Crippen molar-refractivity contribution in [3.63, 3.8) is 0 Å². The van der Waals surface area contributed by atoms with Gasteiger partial charge in [-0.1, -0.05) is 12.1 Å². The minimum Gasteiger partial charge on any atom is -0.492 e. The second kappa shape index (κ2) is 7.97. The van der Waals surface area contributed by atoms with Crippen molar-refractivity contribution in [2.45, 2.75) is 13.0 Å². The molecule has 0 aliphatic carbocycles. The number of nitrogen functional groups attached to an aromatic ring is 1. The Morgan fingerprint density at radius 3 is 2.89 bits per heavy atom. The van der Waals surface area contributed by atoms with Crippen molar-refractivity contribution < 1.29 is 9.53 Å². The number of hydrazine groups is 1. The minimum absolute atomic E-state index is 0.185. The maximum Gasteiger partial charge on any atom is 0.268 e. The fourth-order valence-electron chi connectivity index (χ4n) is 1.34. The molecule has 5 nitrogen and oxygen atoms in total. The van der Waals surface area contributed by atoms with Crippen LogP contribution in [0.2, 0.25) is 0 Å². The number of amides is 1. The first-order valence-electron chi connectivity index (χ1n) is 5.71. The van der Waals surface area contributed by atoms with Crippen molar-refractivity contribution in [1.82, 2.24) is 5.43 Å². The quantitative estimate of drug-likeness (QED) is 0.294. The molecule has 5 N–H and O–H groups in total. The Hall–Kier alpha value is -1.24. The molecular weight excluding hydrogens is 250 g/mol. The van der Waals surface area contributed by atoms with Crippen LogP contribution in [0.25, 0.3) is 0 Å². The van der Waals surface area contributed by atoms with E-state index in [1.165, 1.54) is 0 Å². The molecule has 0 bridgehead atoms. The molecule has 0 aromatic heterocycles. The van der Waals surface area contributed by atoms with Crippen molar-refractivity contribution in [3.8, 4) is 5.75 Å². The number of benzene rings is 1. The summed E-state index contributed by atoms with van der Waals surface area (Å²) in [7, 11) is 0. The molecule has 1 rings (SSSR count). The highest BCUT2D eigenvalue weighted by Gasteiger charge is 2.10. The summed E-state index contributed by atoms with van der Waals surface area (Å²) in [6.07, 6.45) is 0. The zero-order chi connectivity index (χ0) is 13.4. The maximum atomic E-state index is 11.5. The average Bonchev–Trinajstić information content (AvgIpc) is 2.37. The minimum atomic E-state index is -0.353. The van der Waals surface area contributed by atoms with Gasteiger partial charge in [-0.05, 0) is 19.1 Å². The molecule has 1 amide bonds. The van der Waals surface area contributed by atoms with Gasteiger partial charge in [-0.2, -0.15) is 11.8 Å². The zero-order valence-corrected chi connectivity index (χ0v) is 11.2. The van der Waals surface area contributed by atoms with Gasteiger partial charge in [0.2, 0.25) is 0 Å². The van der Waals surface area contributed by atoms with E-state index in [0.29, 0.717) is 17.9 Å². The summed E-state index contributed by atoms with van der Waals surface area (Å²) in [5.74, 6) is 7.03. The lowest BCUT2D eigenvalue weighted by molar-refractivity contribution is 0.0950. The molecule has 0 spiro atoms. The molecule has 18 heavy (non-hydrogen) atoms. The van der Waals surface area contributed by atoms with E-state index < -0.39 is 0 Å². The summed E-state index contributed by atoms with van der Waals surface area (Å²) < 4.78 is 5.56. The molecule has 1 aromatic carbocycles. The average molecular weight is 269 g/mol. The number of nitrogens with two attached hydrogens (primary N) is 2. The topological polar surface area (TPSA) is 90.4 Å². The summed E-state index contributed by atoms with van der Waals surface area (Å²) in [5, 5.41) is 0. The number of hydrogen-bond donors (Lipinski definition) is 3. The van der Waals surface area contributed by atoms with Crippen LogP contribution in [0.1, 0.15) is 17.3 Å². The molecule has 0 fully saturated rings. The summed E-state index contributed by atoms with van der Waals surface area (Å²) in [4.78, 5) is 11.5. The van der Waals surface area contributed by atoms with Crippen molar-refractivity contribution in [1.29, 1.82) is 0 Å². The molecule has 0 saturated carbocycles. The van der Waals surface area contributed by atoms with Gasteiger partial charge in [-0.3, -0.25) is 10.2 Å². The van der Waals surface area contributed by atoms with E-state index in [-0.39, 0.29) is 11.9 Å². The zero-order valence-electron chi connectivity index (χ0n) is 10.4. The Balaban J connectivity index is 2.44. The van der Waals surface area contributed by atoms with Gasteiger partial charge >= 0.3 is 0 Å². The molecule has 0 radical (unpaired) electrons. The molecule has 0 aliphatic rings. The van der Waals surface area contributed by atoms with E-state index in [1.54, 1.807) is 30.0 Å². The molecule has 1 atom stereocenters. The fraction of sp³-hybridized carbons (Fsp3) is 0.417. The lowest BCUT2D eigenvalue weighted by atomic mass is 10.2. The van der Waals surface area contributed by atoms with Crippen LogP contribution < -0.4 is 21.7 Å². The highest BCUT2D eigenvalue weighted by molar-refractivity contribution is 7.99. The first-order chi connectivity index (χ1) is 8.65. The number of ether oxygens (including phenoxy) is 1. The van der Waals surface area contributed by atoms with Crippen LogP contribution in [0.15, 0.2) is 24.3 Å². The number of carbonyl (C=O) groups is 1. The summed E-state index contributed by atoms with van der Waals surface area (Å²) in [5.41, 5.74) is 8.18. The SMILES string of the molecule is CC(N)CSCCOc1ccccc1C(=O)NN. The summed E-state index contributed by atoms with van der Waals surface area (Å²) >= 11 is 1.73. The van der Waals surface area contributed by atoms with Gasteiger partial charge in [-0.15, -0.1) is 0 Å². The van der Waals surface area contributed by atoms with E-state index in [0.717, 1.165) is 11.5 Å². The van der Waals surface area contributed by atoms with Crippen LogP contribution in [0, 0.1) is 0 Å². The molecular formula is C12H19N3O2S. The molecule has 0 aliphatic heterocycles. The molecule has 1 aromatic rings. The van der Waals surface area contributed by atoms with Gasteiger partial charge in [0, 0.05) is 17.5 Å². The molecule has 100 valence electrons. The van der Waals surface area contributed by atoms with Crippen LogP contribution in [-0.4, -0.2) is 30.1 Å². The fourth-order valence-corrected chi connectivity index (χ4v) is 2.08. The third-order valence-corrected chi connectivity index (χ3v) is 3.35. The van der Waals surface area contributed by atoms with Crippen LogP contribution >= 0.6 is 11.8 Å². The molecule has 6 heteroatoms.